The van der Waals surface area contributed by atoms with Crippen molar-refractivity contribution in [2.24, 2.45) is 23.7 Å². The van der Waals surface area contributed by atoms with Gasteiger partial charge in [0.1, 0.15) is 12.0 Å². The van der Waals surface area contributed by atoms with E-state index in [1.807, 2.05) is 0 Å². The van der Waals surface area contributed by atoms with Crippen LogP contribution in [-0.4, -0.2) is 46.2 Å². The third-order valence-electron chi connectivity index (χ3n) is 6.07. The van der Waals surface area contributed by atoms with Crippen molar-refractivity contribution in [1.82, 2.24) is 0 Å². The van der Waals surface area contributed by atoms with E-state index in [-0.39, 0.29) is 12.5 Å². The molecular formula is C17H28O5. The SMILES string of the molecule is O=C(O)[C@H]1CO[C@H](C2CCC(CC3CCCC3)C2)[C@H](O)[C@@H]1O. The van der Waals surface area contributed by atoms with Crippen LogP contribution in [0, 0.1) is 23.7 Å². The van der Waals surface area contributed by atoms with Gasteiger partial charge in [-0.15, -0.1) is 0 Å². The second kappa shape index (κ2) is 6.85. The van der Waals surface area contributed by atoms with Gasteiger partial charge in [0.15, 0.2) is 0 Å². The molecule has 2 unspecified atom stereocenters. The normalized spacial score (nSPS) is 43.5. The summed E-state index contributed by atoms with van der Waals surface area (Å²) in [6.45, 7) is 0.00200. The molecule has 5 nitrogen and oxygen atoms in total. The smallest absolute Gasteiger partial charge is 0.311 e. The topological polar surface area (TPSA) is 87.0 Å². The van der Waals surface area contributed by atoms with Gasteiger partial charge in [-0.05, 0) is 37.0 Å². The van der Waals surface area contributed by atoms with Gasteiger partial charge in [-0.2, -0.15) is 0 Å². The summed E-state index contributed by atoms with van der Waals surface area (Å²) in [5.41, 5.74) is 0. The molecule has 2 saturated carbocycles. The van der Waals surface area contributed by atoms with Crippen LogP contribution in [0.3, 0.4) is 0 Å². The Morgan fingerprint density at radius 1 is 1.00 bits per heavy atom. The molecule has 3 fully saturated rings. The second-order valence-electron chi connectivity index (χ2n) is 7.55. The average Bonchev–Trinajstić information content (AvgIpc) is 3.14. The van der Waals surface area contributed by atoms with Crippen molar-refractivity contribution in [3.63, 3.8) is 0 Å². The van der Waals surface area contributed by atoms with Crippen molar-refractivity contribution in [1.29, 1.82) is 0 Å². The summed E-state index contributed by atoms with van der Waals surface area (Å²) in [4.78, 5) is 11.0. The van der Waals surface area contributed by atoms with Crippen molar-refractivity contribution in [3.05, 3.63) is 0 Å². The van der Waals surface area contributed by atoms with E-state index in [9.17, 15) is 15.0 Å². The molecule has 0 aromatic heterocycles. The summed E-state index contributed by atoms with van der Waals surface area (Å²) in [6, 6.07) is 0. The standard InChI is InChI=1S/C17H28O5/c18-14-13(17(20)21)9-22-16(15(14)19)12-6-5-11(8-12)7-10-3-1-2-4-10/h10-16,18-19H,1-9H2,(H,20,21)/t11?,12?,13-,14+,15+,16+/m0/s1. The van der Waals surface area contributed by atoms with Crippen molar-refractivity contribution < 1.29 is 24.9 Å². The maximum atomic E-state index is 11.0. The molecule has 6 atom stereocenters. The van der Waals surface area contributed by atoms with Gasteiger partial charge < -0.3 is 20.1 Å². The molecule has 126 valence electrons. The molecule has 1 aliphatic heterocycles. The van der Waals surface area contributed by atoms with Crippen molar-refractivity contribution in [2.45, 2.75) is 69.7 Å². The average molecular weight is 312 g/mol. The fourth-order valence-electron chi connectivity index (χ4n) is 4.82. The second-order valence-corrected chi connectivity index (χ2v) is 7.55. The third-order valence-corrected chi connectivity index (χ3v) is 6.07. The largest absolute Gasteiger partial charge is 0.481 e. The van der Waals surface area contributed by atoms with E-state index in [1.54, 1.807) is 0 Å². The molecular weight excluding hydrogens is 284 g/mol. The molecule has 5 heteroatoms. The lowest BCUT2D eigenvalue weighted by atomic mass is 9.84. The van der Waals surface area contributed by atoms with Crippen LogP contribution in [0.25, 0.3) is 0 Å². The van der Waals surface area contributed by atoms with E-state index in [4.69, 9.17) is 9.84 Å². The van der Waals surface area contributed by atoms with E-state index >= 15 is 0 Å². The zero-order valence-corrected chi connectivity index (χ0v) is 13.1. The predicted molar refractivity (Wildman–Crippen MR) is 80.3 cm³/mol. The molecule has 0 aromatic carbocycles. The molecule has 0 aromatic rings. The summed E-state index contributed by atoms with van der Waals surface area (Å²) in [5.74, 6) is -0.274. The van der Waals surface area contributed by atoms with Gasteiger partial charge in [0.2, 0.25) is 0 Å². The van der Waals surface area contributed by atoms with Crippen molar-refractivity contribution in [2.75, 3.05) is 6.61 Å². The minimum Gasteiger partial charge on any atom is -0.481 e. The Labute approximate surface area is 131 Å². The van der Waals surface area contributed by atoms with Gasteiger partial charge in [0.05, 0.1) is 18.8 Å². The summed E-state index contributed by atoms with van der Waals surface area (Å²) in [6.07, 6.45) is 7.29. The molecule has 3 aliphatic rings. The first-order valence-electron chi connectivity index (χ1n) is 8.76. The van der Waals surface area contributed by atoms with Crippen LogP contribution in [0.5, 0.6) is 0 Å². The number of aliphatic hydroxyl groups excluding tert-OH is 2. The van der Waals surface area contributed by atoms with Gasteiger partial charge in [0.25, 0.3) is 0 Å². The van der Waals surface area contributed by atoms with Gasteiger partial charge >= 0.3 is 5.97 Å². The van der Waals surface area contributed by atoms with E-state index in [0.29, 0.717) is 5.92 Å². The molecule has 3 N–H and O–H groups in total. The molecule has 0 amide bonds. The fraction of sp³-hybridized carbons (Fsp3) is 0.941. The number of ether oxygens (including phenoxy) is 1. The van der Waals surface area contributed by atoms with Gasteiger partial charge in [-0.1, -0.05) is 32.1 Å². The van der Waals surface area contributed by atoms with E-state index in [2.05, 4.69) is 0 Å². The summed E-state index contributed by atoms with van der Waals surface area (Å²) in [7, 11) is 0. The summed E-state index contributed by atoms with van der Waals surface area (Å²) >= 11 is 0. The van der Waals surface area contributed by atoms with Crippen LogP contribution in [0.15, 0.2) is 0 Å². The number of aliphatic carboxylic acids is 1. The zero-order chi connectivity index (χ0) is 15.7. The minimum absolute atomic E-state index is 0.00200. The van der Waals surface area contributed by atoms with Crippen molar-refractivity contribution in [3.8, 4) is 0 Å². The Morgan fingerprint density at radius 3 is 2.41 bits per heavy atom. The highest BCUT2D eigenvalue weighted by molar-refractivity contribution is 5.71. The first kappa shape index (κ1) is 16.2. The van der Waals surface area contributed by atoms with Gasteiger partial charge in [-0.25, -0.2) is 0 Å². The molecule has 2 aliphatic carbocycles. The number of carbonyl (C=O) groups is 1. The van der Waals surface area contributed by atoms with Crippen LogP contribution in [0.2, 0.25) is 0 Å². The number of rotatable bonds is 4. The van der Waals surface area contributed by atoms with Crippen LogP contribution in [0.4, 0.5) is 0 Å². The number of carboxylic acids is 1. The number of hydrogen-bond acceptors (Lipinski definition) is 4. The first-order chi connectivity index (χ1) is 10.6. The molecule has 0 radical (unpaired) electrons. The van der Waals surface area contributed by atoms with E-state index in [1.165, 1.54) is 38.5 Å². The number of carboxylic acid groups (broad SMARTS) is 1. The Bertz CT molecular complexity index is 393. The Morgan fingerprint density at radius 2 is 1.73 bits per heavy atom. The van der Waals surface area contributed by atoms with Crippen LogP contribution >= 0.6 is 0 Å². The fourth-order valence-corrected chi connectivity index (χ4v) is 4.82. The molecule has 0 bridgehead atoms. The van der Waals surface area contributed by atoms with Crippen LogP contribution in [-0.2, 0) is 9.53 Å². The quantitative estimate of drug-likeness (QED) is 0.737. The maximum Gasteiger partial charge on any atom is 0.311 e. The van der Waals surface area contributed by atoms with Crippen molar-refractivity contribution >= 4 is 5.97 Å². The first-order valence-corrected chi connectivity index (χ1v) is 8.76. The van der Waals surface area contributed by atoms with Gasteiger partial charge in [-0.3, -0.25) is 4.79 Å². The maximum absolute atomic E-state index is 11.0. The van der Waals surface area contributed by atoms with Crippen LogP contribution < -0.4 is 0 Å². The molecule has 0 spiro atoms. The molecule has 1 heterocycles. The highest BCUT2D eigenvalue weighted by Crippen LogP contribution is 2.42. The lowest BCUT2D eigenvalue weighted by molar-refractivity contribution is -0.193. The number of aliphatic hydroxyl groups is 2. The summed E-state index contributed by atoms with van der Waals surface area (Å²) in [5, 5.41) is 29.3. The lowest BCUT2D eigenvalue weighted by Crippen LogP contribution is -2.54. The number of hydrogen-bond donors (Lipinski definition) is 3. The highest BCUT2D eigenvalue weighted by atomic mass is 16.5. The Kier molecular flexibility index (Phi) is 5.05. The van der Waals surface area contributed by atoms with Crippen LogP contribution in [0.1, 0.15) is 51.4 Å². The zero-order valence-electron chi connectivity index (χ0n) is 13.1. The minimum atomic E-state index is -1.22. The summed E-state index contributed by atoms with van der Waals surface area (Å²) < 4.78 is 5.65. The Hall–Kier alpha value is -0.650. The predicted octanol–water partition coefficient (Wildman–Crippen LogP) is 1.80. The highest BCUT2D eigenvalue weighted by Gasteiger charge is 2.46. The van der Waals surface area contributed by atoms with E-state index in [0.717, 1.165) is 18.8 Å². The molecule has 1 saturated heterocycles. The van der Waals surface area contributed by atoms with E-state index < -0.39 is 30.2 Å². The molecule has 22 heavy (non-hydrogen) atoms. The monoisotopic (exact) mass is 312 g/mol. The Balaban J connectivity index is 1.53. The third kappa shape index (κ3) is 3.31. The molecule has 3 rings (SSSR count). The lowest BCUT2D eigenvalue weighted by Gasteiger charge is -2.38. The van der Waals surface area contributed by atoms with Gasteiger partial charge in [0, 0.05) is 0 Å².